The molecule has 2 atom stereocenters. The lowest BCUT2D eigenvalue weighted by atomic mass is 9.93. The predicted molar refractivity (Wildman–Crippen MR) is 68.2 cm³/mol. The van der Waals surface area contributed by atoms with Crippen molar-refractivity contribution in [3.63, 3.8) is 0 Å². The summed E-state index contributed by atoms with van der Waals surface area (Å²) in [5, 5.41) is 6.83. The van der Waals surface area contributed by atoms with Gasteiger partial charge in [0.05, 0.1) is 6.04 Å². The summed E-state index contributed by atoms with van der Waals surface area (Å²) < 4.78 is 5.88. The van der Waals surface area contributed by atoms with E-state index in [1.54, 1.807) is 0 Å². The highest BCUT2D eigenvalue weighted by molar-refractivity contribution is 5.76. The highest BCUT2D eigenvalue weighted by atomic mass is 16.5. The maximum Gasteiger partial charge on any atom is 0.285 e. The summed E-state index contributed by atoms with van der Waals surface area (Å²) in [6, 6.07) is 1.36. The Kier molecular flexibility index (Phi) is 3.50. The van der Waals surface area contributed by atoms with Gasteiger partial charge in [-0.05, 0) is 51.1 Å². The molecule has 17 heavy (non-hydrogen) atoms. The topological polar surface area (TPSA) is 45.6 Å². The van der Waals surface area contributed by atoms with Gasteiger partial charge in [-0.1, -0.05) is 6.42 Å². The second-order valence-electron chi connectivity index (χ2n) is 5.53. The second kappa shape index (κ2) is 5.25. The Balaban J connectivity index is 1.51. The van der Waals surface area contributed by atoms with E-state index >= 15 is 0 Å². The van der Waals surface area contributed by atoms with Crippen LogP contribution in [0, 0.1) is 5.92 Å². The fraction of sp³-hybridized carbons (Fsp3) is 0.923. The Hall–Kier alpha value is -0.770. The fourth-order valence-corrected chi connectivity index (χ4v) is 3.10. The van der Waals surface area contributed by atoms with Crippen molar-refractivity contribution in [3.8, 4) is 0 Å². The first kappa shape index (κ1) is 11.3. The SMILES string of the molecule is C1CCC2OC(=NCC3CCNCC3)NC2C1. The van der Waals surface area contributed by atoms with Crippen LogP contribution in [-0.2, 0) is 4.74 Å². The molecule has 4 heteroatoms. The van der Waals surface area contributed by atoms with Crippen molar-refractivity contribution in [1.29, 1.82) is 0 Å². The number of piperidine rings is 1. The molecule has 3 rings (SSSR count). The number of hydrogen-bond donors (Lipinski definition) is 2. The molecule has 3 fully saturated rings. The van der Waals surface area contributed by atoms with Gasteiger partial charge in [-0.2, -0.15) is 0 Å². The van der Waals surface area contributed by atoms with Crippen LogP contribution in [0.1, 0.15) is 38.5 Å². The second-order valence-corrected chi connectivity index (χ2v) is 5.53. The molecule has 2 N–H and O–H groups in total. The van der Waals surface area contributed by atoms with Crippen molar-refractivity contribution in [1.82, 2.24) is 10.6 Å². The summed E-state index contributed by atoms with van der Waals surface area (Å²) >= 11 is 0. The Labute approximate surface area is 103 Å². The van der Waals surface area contributed by atoms with Crippen molar-refractivity contribution < 1.29 is 4.74 Å². The molecule has 2 aliphatic heterocycles. The number of aliphatic imine (C=N–C) groups is 1. The van der Waals surface area contributed by atoms with E-state index in [1.165, 1.54) is 38.5 Å². The van der Waals surface area contributed by atoms with Gasteiger partial charge in [0.15, 0.2) is 0 Å². The lowest BCUT2D eigenvalue weighted by molar-refractivity contribution is 0.159. The van der Waals surface area contributed by atoms with Gasteiger partial charge in [0.2, 0.25) is 0 Å². The molecule has 2 saturated heterocycles. The van der Waals surface area contributed by atoms with Crippen molar-refractivity contribution in [2.75, 3.05) is 19.6 Å². The Morgan fingerprint density at radius 1 is 1.12 bits per heavy atom. The predicted octanol–water partition coefficient (Wildman–Crippen LogP) is 1.27. The fourth-order valence-electron chi connectivity index (χ4n) is 3.10. The zero-order valence-corrected chi connectivity index (χ0v) is 10.5. The van der Waals surface area contributed by atoms with Crippen LogP contribution >= 0.6 is 0 Å². The van der Waals surface area contributed by atoms with Gasteiger partial charge < -0.3 is 15.4 Å². The largest absolute Gasteiger partial charge is 0.460 e. The molecule has 0 aromatic carbocycles. The Bertz CT molecular complexity index is 270. The van der Waals surface area contributed by atoms with Crippen molar-refractivity contribution >= 4 is 6.02 Å². The van der Waals surface area contributed by atoms with Crippen LogP contribution in [0.4, 0.5) is 0 Å². The number of fused-ring (bicyclic) bond motifs is 1. The van der Waals surface area contributed by atoms with Crippen LogP contribution in [0.3, 0.4) is 0 Å². The maximum absolute atomic E-state index is 5.88. The minimum absolute atomic E-state index is 0.399. The average molecular weight is 237 g/mol. The Morgan fingerprint density at radius 3 is 2.76 bits per heavy atom. The summed E-state index contributed by atoms with van der Waals surface area (Å²) in [7, 11) is 0. The molecule has 0 amide bonds. The Morgan fingerprint density at radius 2 is 1.94 bits per heavy atom. The van der Waals surface area contributed by atoms with Crippen LogP contribution < -0.4 is 10.6 Å². The molecule has 2 heterocycles. The summed E-state index contributed by atoms with van der Waals surface area (Å²) in [6.07, 6.45) is 7.99. The molecular formula is C13H23N3O. The third-order valence-electron chi connectivity index (χ3n) is 4.23. The third kappa shape index (κ3) is 2.73. The summed E-state index contributed by atoms with van der Waals surface area (Å²) in [5.74, 6) is 0.747. The standard InChI is InChI=1S/C13H23N3O/c1-2-4-12-11(3-1)16-13(17-12)15-9-10-5-7-14-8-6-10/h10-12,14H,1-9H2,(H,15,16). The van der Waals surface area contributed by atoms with Crippen molar-refractivity contribution in [2.45, 2.75) is 50.7 Å². The summed E-state index contributed by atoms with van der Waals surface area (Å²) in [4.78, 5) is 4.63. The van der Waals surface area contributed by atoms with E-state index < -0.39 is 0 Å². The molecule has 2 unspecified atom stereocenters. The van der Waals surface area contributed by atoms with Gasteiger partial charge >= 0.3 is 0 Å². The smallest absolute Gasteiger partial charge is 0.285 e. The molecule has 0 aromatic heterocycles. The van der Waals surface area contributed by atoms with Crippen molar-refractivity contribution in [3.05, 3.63) is 0 Å². The van der Waals surface area contributed by atoms with E-state index in [0.717, 1.165) is 31.6 Å². The molecule has 1 saturated carbocycles. The molecular weight excluding hydrogens is 214 g/mol. The number of nitrogens with one attached hydrogen (secondary N) is 2. The molecule has 0 radical (unpaired) electrons. The number of rotatable bonds is 2. The van der Waals surface area contributed by atoms with E-state index in [9.17, 15) is 0 Å². The first-order valence-corrected chi connectivity index (χ1v) is 7.10. The van der Waals surface area contributed by atoms with Crippen molar-refractivity contribution in [2.24, 2.45) is 10.9 Å². The monoisotopic (exact) mass is 237 g/mol. The summed E-state index contributed by atoms with van der Waals surface area (Å²) in [6.45, 7) is 3.23. The van der Waals surface area contributed by atoms with Gasteiger partial charge in [-0.25, -0.2) is 4.99 Å². The number of amidine groups is 1. The quantitative estimate of drug-likeness (QED) is 0.760. The molecule has 0 spiro atoms. The van der Waals surface area contributed by atoms with E-state index in [2.05, 4.69) is 15.6 Å². The van der Waals surface area contributed by atoms with Gasteiger partial charge in [-0.15, -0.1) is 0 Å². The minimum atomic E-state index is 0.399. The van der Waals surface area contributed by atoms with Gasteiger partial charge in [0, 0.05) is 6.54 Å². The van der Waals surface area contributed by atoms with Gasteiger partial charge in [0.1, 0.15) is 6.10 Å². The molecule has 1 aliphatic carbocycles. The van der Waals surface area contributed by atoms with E-state index in [4.69, 9.17) is 4.74 Å². The number of ether oxygens (including phenoxy) is 1. The first-order valence-electron chi connectivity index (χ1n) is 7.10. The van der Waals surface area contributed by atoms with E-state index in [1.807, 2.05) is 0 Å². The van der Waals surface area contributed by atoms with E-state index in [-0.39, 0.29) is 0 Å². The van der Waals surface area contributed by atoms with E-state index in [0.29, 0.717) is 12.1 Å². The highest BCUT2D eigenvalue weighted by Gasteiger charge is 2.34. The number of hydrogen-bond acceptors (Lipinski definition) is 3. The highest BCUT2D eigenvalue weighted by Crippen LogP contribution is 2.25. The van der Waals surface area contributed by atoms with Gasteiger partial charge in [0.25, 0.3) is 6.02 Å². The average Bonchev–Trinajstić information content (AvgIpc) is 2.80. The van der Waals surface area contributed by atoms with Crippen LogP contribution in [0.2, 0.25) is 0 Å². The normalized spacial score (nSPS) is 36.4. The molecule has 0 aromatic rings. The van der Waals surface area contributed by atoms with Gasteiger partial charge in [-0.3, -0.25) is 0 Å². The maximum atomic E-state index is 5.88. The third-order valence-corrected chi connectivity index (χ3v) is 4.23. The molecule has 0 bridgehead atoms. The van der Waals surface area contributed by atoms with Crippen LogP contribution in [0.15, 0.2) is 4.99 Å². The lowest BCUT2D eigenvalue weighted by Gasteiger charge is -2.21. The summed E-state index contributed by atoms with van der Waals surface area (Å²) in [5.41, 5.74) is 0. The molecule has 96 valence electrons. The zero-order chi connectivity index (χ0) is 11.5. The van der Waals surface area contributed by atoms with Crippen LogP contribution in [0.5, 0.6) is 0 Å². The molecule has 4 nitrogen and oxygen atoms in total. The zero-order valence-electron chi connectivity index (χ0n) is 10.5. The first-order chi connectivity index (χ1) is 8.42. The minimum Gasteiger partial charge on any atom is -0.460 e. The lowest BCUT2D eigenvalue weighted by Crippen LogP contribution is -2.34. The van der Waals surface area contributed by atoms with Crippen LogP contribution in [-0.4, -0.2) is 37.8 Å². The molecule has 3 aliphatic rings. The van der Waals surface area contributed by atoms with Crippen LogP contribution in [0.25, 0.3) is 0 Å². The number of nitrogens with zero attached hydrogens (tertiary/aromatic N) is 1.